The number of hydrogen-bond acceptors (Lipinski definition) is 5. The Morgan fingerprint density at radius 2 is 0.680 bits per heavy atom. The molecule has 0 bridgehead atoms. The summed E-state index contributed by atoms with van der Waals surface area (Å²) in [6, 6.07) is 62.2. The zero-order chi connectivity index (χ0) is 33.3. The van der Waals surface area contributed by atoms with Gasteiger partial charge in [-0.05, 0) is 58.7 Å². The average molecular weight is 643 g/mol. The van der Waals surface area contributed by atoms with Gasteiger partial charge < -0.3 is 9.64 Å². The highest BCUT2D eigenvalue weighted by Crippen LogP contribution is 2.50. The van der Waals surface area contributed by atoms with Crippen molar-refractivity contribution in [1.29, 1.82) is 0 Å². The molecule has 5 heteroatoms. The smallest absolute Gasteiger partial charge is 0.164 e. The van der Waals surface area contributed by atoms with Gasteiger partial charge in [0.25, 0.3) is 0 Å². The van der Waals surface area contributed by atoms with Gasteiger partial charge in [0.2, 0.25) is 0 Å². The first-order chi connectivity index (χ1) is 24.8. The van der Waals surface area contributed by atoms with E-state index in [1.54, 1.807) is 0 Å². The number of para-hydroxylation sites is 4. The van der Waals surface area contributed by atoms with Crippen LogP contribution in [0.25, 0.3) is 56.4 Å². The van der Waals surface area contributed by atoms with Crippen LogP contribution in [0.1, 0.15) is 0 Å². The van der Waals surface area contributed by atoms with Crippen LogP contribution in [0.3, 0.4) is 0 Å². The van der Waals surface area contributed by atoms with Crippen LogP contribution < -0.4 is 9.64 Å². The Bertz CT molecular complexity index is 2340. The Morgan fingerprint density at radius 1 is 0.320 bits per heavy atom. The molecule has 1 aliphatic rings. The lowest BCUT2D eigenvalue weighted by atomic mass is 9.94. The average Bonchev–Trinajstić information content (AvgIpc) is 3.20. The lowest BCUT2D eigenvalue weighted by molar-refractivity contribution is 0.477. The number of ether oxygens (including phenoxy) is 1. The minimum absolute atomic E-state index is 0.638. The van der Waals surface area contributed by atoms with Crippen molar-refractivity contribution in [2.75, 3.05) is 4.90 Å². The highest BCUT2D eigenvalue weighted by Gasteiger charge is 2.25. The second kappa shape index (κ2) is 12.6. The van der Waals surface area contributed by atoms with E-state index in [-0.39, 0.29) is 0 Å². The van der Waals surface area contributed by atoms with Crippen LogP contribution in [0.2, 0.25) is 0 Å². The van der Waals surface area contributed by atoms with Crippen LogP contribution in [0.5, 0.6) is 11.5 Å². The molecule has 0 amide bonds. The summed E-state index contributed by atoms with van der Waals surface area (Å²) in [7, 11) is 0. The number of fused-ring (bicyclic) bond motifs is 2. The summed E-state index contributed by atoms with van der Waals surface area (Å²) in [5.74, 6) is 3.62. The quantitative estimate of drug-likeness (QED) is 0.181. The molecule has 0 aliphatic carbocycles. The lowest BCUT2D eigenvalue weighted by Crippen LogP contribution is -2.15. The minimum atomic E-state index is 0.638. The van der Waals surface area contributed by atoms with Gasteiger partial charge in [0.15, 0.2) is 29.0 Å². The van der Waals surface area contributed by atoms with E-state index in [9.17, 15) is 0 Å². The summed E-state index contributed by atoms with van der Waals surface area (Å²) >= 11 is 0. The largest absolute Gasteiger partial charge is 0.453 e. The first kappa shape index (κ1) is 29.3. The zero-order valence-corrected chi connectivity index (χ0v) is 27.0. The van der Waals surface area contributed by atoms with Gasteiger partial charge in [0.1, 0.15) is 0 Å². The monoisotopic (exact) mass is 642 g/mol. The number of rotatable bonds is 6. The molecule has 9 rings (SSSR count). The molecule has 0 radical (unpaired) electrons. The van der Waals surface area contributed by atoms with Crippen LogP contribution >= 0.6 is 0 Å². The van der Waals surface area contributed by atoms with Crippen LogP contribution in [-0.2, 0) is 0 Å². The fourth-order valence-corrected chi connectivity index (χ4v) is 6.50. The molecule has 1 aliphatic heterocycles. The van der Waals surface area contributed by atoms with Crippen molar-refractivity contribution >= 4 is 17.1 Å². The molecule has 0 N–H and O–H groups in total. The molecular formula is C45H30N4O. The molecule has 0 fully saturated rings. The Hall–Kier alpha value is -6.85. The molecule has 2 heterocycles. The van der Waals surface area contributed by atoms with Crippen molar-refractivity contribution in [1.82, 2.24) is 15.0 Å². The third-order valence-electron chi connectivity index (χ3n) is 8.95. The minimum Gasteiger partial charge on any atom is -0.453 e. The van der Waals surface area contributed by atoms with Gasteiger partial charge in [0, 0.05) is 22.4 Å². The fourth-order valence-electron chi connectivity index (χ4n) is 6.50. The Kier molecular flexibility index (Phi) is 7.41. The SMILES string of the molecule is c1ccc(-c2nc(-c3ccccc3)nc(-c3ccc(-c4ccccc4-c4ccc(N5c6ccccc6Oc6ccccc65)cc4)cc3)n2)cc1. The molecule has 0 saturated carbocycles. The standard InChI is InChI=1S/C45H30N4O/c1-3-13-33(14-4-1)43-46-44(34-15-5-2-6-16-34)48-45(47-43)35-25-23-31(24-26-35)37-17-7-8-18-38(37)32-27-29-36(30-28-32)49-39-19-9-11-21-41(39)50-42-22-12-10-20-40(42)49/h1-30H. The predicted molar refractivity (Wildman–Crippen MR) is 202 cm³/mol. The van der Waals surface area contributed by atoms with Crippen LogP contribution in [0.4, 0.5) is 17.1 Å². The summed E-state index contributed by atoms with van der Waals surface area (Å²) in [5.41, 5.74) is 10.5. The molecule has 7 aromatic carbocycles. The zero-order valence-electron chi connectivity index (χ0n) is 27.0. The van der Waals surface area contributed by atoms with E-state index in [0.29, 0.717) is 17.5 Å². The van der Waals surface area contributed by atoms with Crippen molar-refractivity contribution in [2.24, 2.45) is 0 Å². The van der Waals surface area contributed by atoms with Crippen molar-refractivity contribution in [3.8, 4) is 67.9 Å². The number of anilines is 3. The van der Waals surface area contributed by atoms with E-state index in [0.717, 1.165) is 67.5 Å². The number of aromatic nitrogens is 3. The van der Waals surface area contributed by atoms with E-state index in [2.05, 4.69) is 89.8 Å². The highest BCUT2D eigenvalue weighted by molar-refractivity contribution is 5.88. The predicted octanol–water partition coefficient (Wildman–Crippen LogP) is 11.8. The second-order valence-corrected chi connectivity index (χ2v) is 12.1. The molecule has 0 unspecified atom stereocenters. The van der Waals surface area contributed by atoms with E-state index in [1.807, 2.05) is 97.1 Å². The fraction of sp³-hybridized carbons (Fsp3) is 0. The van der Waals surface area contributed by atoms with Crippen molar-refractivity contribution in [2.45, 2.75) is 0 Å². The Balaban J connectivity index is 1.05. The summed E-state index contributed by atoms with van der Waals surface area (Å²) < 4.78 is 6.22. The van der Waals surface area contributed by atoms with Gasteiger partial charge in [-0.2, -0.15) is 0 Å². The molecule has 0 saturated heterocycles. The van der Waals surface area contributed by atoms with E-state index in [4.69, 9.17) is 19.7 Å². The molecule has 50 heavy (non-hydrogen) atoms. The van der Waals surface area contributed by atoms with Gasteiger partial charge in [-0.15, -0.1) is 0 Å². The Labute approximate surface area is 290 Å². The summed E-state index contributed by atoms with van der Waals surface area (Å²) in [4.78, 5) is 16.9. The molecule has 8 aromatic rings. The molecule has 1 aromatic heterocycles. The first-order valence-corrected chi connectivity index (χ1v) is 16.6. The second-order valence-electron chi connectivity index (χ2n) is 12.1. The maximum Gasteiger partial charge on any atom is 0.164 e. The van der Waals surface area contributed by atoms with E-state index < -0.39 is 0 Å². The maximum absolute atomic E-state index is 6.22. The van der Waals surface area contributed by atoms with Gasteiger partial charge in [-0.25, -0.2) is 15.0 Å². The highest BCUT2D eigenvalue weighted by atomic mass is 16.5. The summed E-state index contributed by atoms with van der Waals surface area (Å²) in [6.45, 7) is 0. The number of nitrogens with zero attached hydrogens (tertiary/aromatic N) is 4. The molecule has 0 spiro atoms. The number of benzene rings is 7. The van der Waals surface area contributed by atoms with E-state index in [1.165, 1.54) is 0 Å². The van der Waals surface area contributed by atoms with Crippen LogP contribution in [0, 0.1) is 0 Å². The van der Waals surface area contributed by atoms with Crippen LogP contribution in [-0.4, -0.2) is 15.0 Å². The van der Waals surface area contributed by atoms with Crippen molar-refractivity contribution < 1.29 is 4.74 Å². The van der Waals surface area contributed by atoms with Crippen molar-refractivity contribution in [3.63, 3.8) is 0 Å². The molecule has 236 valence electrons. The summed E-state index contributed by atoms with van der Waals surface area (Å²) in [5, 5.41) is 0. The van der Waals surface area contributed by atoms with Gasteiger partial charge in [-0.1, -0.05) is 146 Å². The first-order valence-electron chi connectivity index (χ1n) is 16.6. The lowest BCUT2D eigenvalue weighted by Gasteiger charge is -2.32. The van der Waals surface area contributed by atoms with Crippen LogP contribution in [0.15, 0.2) is 182 Å². The molecule has 5 nitrogen and oxygen atoms in total. The maximum atomic E-state index is 6.22. The van der Waals surface area contributed by atoms with Gasteiger partial charge in [0.05, 0.1) is 11.4 Å². The third kappa shape index (κ3) is 5.47. The number of hydrogen-bond donors (Lipinski definition) is 0. The normalized spacial score (nSPS) is 11.7. The van der Waals surface area contributed by atoms with Crippen molar-refractivity contribution in [3.05, 3.63) is 182 Å². The topological polar surface area (TPSA) is 51.1 Å². The van der Waals surface area contributed by atoms with E-state index >= 15 is 0 Å². The Morgan fingerprint density at radius 3 is 1.16 bits per heavy atom. The molecular weight excluding hydrogens is 613 g/mol. The van der Waals surface area contributed by atoms with Gasteiger partial charge in [-0.3, -0.25) is 0 Å². The third-order valence-corrected chi connectivity index (χ3v) is 8.95. The molecule has 0 atom stereocenters. The van der Waals surface area contributed by atoms with Gasteiger partial charge >= 0.3 is 0 Å². The summed E-state index contributed by atoms with van der Waals surface area (Å²) in [6.07, 6.45) is 0.